The fraction of sp³-hybridized carbons (Fsp3) is 0.769. The summed E-state index contributed by atoms with van der Waals surface area (Å²) in [5.41, 5.74) is 0.433. The zero-order chi connectivity index (χ0) is 12.6. The molecule has 0 aromatic carbocycles. The molecule has 0 aliphatic heterocycles. The smallest absolute Gasteiger partial charge is 0.332 e. The number of esters is 1. The summed E-state index contributed by atoms with van der Waals surface area (Å²) in [6.45, 7) is 4.95. The van der Waals surface area contributed by atoms with E-state index in [2.05, 4.69) is 11.3 Å². The quantitative estimate of drug-likeness (QED) is 0.554. The molecule has 0 aromatic heterocycles. The Bertz CT molecular complexity index is 205. The number of carbonyl (C=O) groups is 1. The molecule has 0 saturated heterocycles. The molecule has 2 aliphatic rings. The lowest BCUT2D eigenvalue weighted by Crippen LogP contribution is -1.98. The van der Waals surface area contributed by atoms with E-state index in [0.717, 1.165) is 7.11 Å². The van der Waals surface area contributed by atoms with Crippen molar-refractivity contribution in [1.82, 2.24) is 0 Å². The van der Waals surface area contributed by atoms with Gasteiger partial charge in [-0.3, -0.25) is 0 Å². The topological polar surface area (TPSA) is 46.5 Å². The maximum Gasteiger partial charge on any atom is 0.332 e. The van der Waals surface area contributed by atoms with Gasteiger partial charge in [-0.15, -0.1) is 0 Å². The second-order valence-electron chi connectivity index (χ2n) is 4.39. The summed E-state index contributed by atoms with van der Waals surface area (Å²) in [5, 5.41) is 7.00. The Hall–Kier alpha value is -0.830. The van der Waals surface area contributed by atoms with Gasteiger partial charge in [-0.1, -0.05) is 32.3 Å². The Labute approximate surface area is 98.5 Å². The van der Waals surface area contributed by atoms with Gasteiger partial charge < -0.3 is 9.84 Å². The SMILES string of the molecule is C1CC2CCC1C2.C=C(C)C(=O)OC.CO. The van der Waals surface area contributed by atoms with Crippen LogP contribution in [0.5, 0.6) is 0 Å². The summed E-state index contributed by atoms with van der Waals surface area (Å²) in [6, 6.07) is 0. The van der Waals surface area contributed by atoms with E-state index < -0.39 is 0 Å². The van der Waals surface area contributed by atoms with E-state index in [-0.39, 0.29) is 5.97 Å². The highest BCUT2D eigenvalue weighted by Gasteiger charge is 2.30. The molecule has 0 amide bonds. The van der Waals surface area contributed by atoms with E-state index in [9.17, 15) is 4.79 Å². The van der Waals surface area contributed by atoms with Crippen molar-refractivity contribution in [3.8, 4) is 0 Å². The summed E-state index contributed by atoms with van der Waals surface area (Å²) in [5.74, 6) is 2.00. The first kappa shape index (κ1) is 15.2. The first-order valence-electron chi connectivity index (χ1n) is 5.82. The highest BCUT2D eigenvalue weighted by Crippen LogP contribution is 2.43. The lowest BCUT2D eigenvalue weighted by atomic mass is 10.0. The number of methoxy groups -OCH3 is 1. The normalized spacial score (nSPS) is 24.8. The third-order valence-corrected chi connectivity index (χ3v) is 3.17. The van der Waals surface area contributed by atoms with Gasteiger partial charge in [0.25, 0.3) is 0 Å². The van der Waals surface area contributed by atoms with Gasteiger partial charge in [0.2, 0.25) is 0 Å². The number of aliphatic hydroxyl groups is 1. The molecule has 1 N–H and O–H groups in total. The number of carbonyl (C=O) groups excluding carboxylic acids is 1. The van der Waals surface area contributed by atoms with E-state index in [1.807, 2.05) is 0 Å². The summed E-state index contributed by atoms with van der Waals surface area (Å²) in [7, 11) is 2.33. The van der Waals surface area contributed by atoms with E-state index >= 15 is 0 Å². The van der Waals surface area contributed by atoms with Gasteiger partial charge in [0.05, 0.1) is 7.11 Å². The average molecular weight is 228 g/mol. The third-order valence-electron chi connectivity index (χ3n) is 3.17. The molecule has 0 heterocycles. The Balaban J connectivity index is 0.000000244. The van der Waals surface area contributed by atoms with E-state index in [1.54, 1.807) is 39.0 Å². The molecule has 0 unspecified atom stereocenters. The number of hydrogen-bond donors (Lipinski definition) is 1. The number of ether oxygens (including phenoxy) is 1. The first-order chi connectivity index (χ1) is 7.63. The lowest BCUT2D eigenvalue weighted by Gasteiger charge is -2.05. The van der Waals surface area contributed by atoms with Gasteiger partial charge in [0.1, 0.15) is 0 Å². The van der Waals surface area contributed by atoms with Crippen molar-refractivity contribution in [3.63, 3.8) is 0 Å². The fourth-order valence-electron chi connectivity index (χ4n) is 2.35. The Kier molecular flexibility index (Phi) is 7.90. The van der Waals surface area contributed by atoms with Crippen molar-refractivity contribution in [3.05, 3.63) is 12.2 Å². The zero-order valence-corrected chi connectivity index (χ0v) is 10.7. The summed E-state index contributed by atoms with van der Waals surface area (Å²) < 4.78 is 4.27. The predicted octanol–water partition coefficient (Wildman–Crippen LogP) is 2.54. The van der Waals surface area contributed by atoms with Crippen LogP contribution in [0, 0.1) is 11.8 Å². The van der Waals surface area contributed by atoms with Crippen LogP contribution < -0.4 is 0 Å². The Morgan fingerprint density at radius 2 is 1.56 bits per heavy atom. The molecule has 2 bridgehead atoms. The molecule has 0 spiro atoms. The van der Waals surface area contributed by atoms with E-state index in [4.69, 9.17) is 5.11 Å². The van der Waals surface area contributed by atoms with Gasteiger partial charge in [-0.25, -0.2) is 4.79 Å². The molecule has 2 saturated carbocycles. The maximum atomic E-state index is 10.2. The molecular formula is C13H24O3. The molecule has 3 heteroatoms. The predicted molar refractivity (Wildman–Crippen MR) is 65.0 cm³/mol. The molecule has 2 aliphatic carbocycles. The van der Waals surface area contributed by atoms with Gasteiger partial charge in [-0.05, 0) is 25.2 Å². The Morgan fingerprint density at radius 3 is 1.62 bits per heavy atom. The van der Waals surface area contributed by atoms with Crippen molar-refractivity contribution in [1.29, 1.82) is 0 Å². The Morgan fingerprint density at radius 1 is 1.19 bits per heavy atom. The summed E-state index contributed by atoms with van der Waals surface area (Å²) in [6.07, 6.45) is 7.82. The average Bonchev–Trinajstić information content (AvgIpc) is 2.95. The van der Waals surface area contributed by atoms with Gasteiger partial charge in [0, 0.05) is 12.7 Å². The van der Waals surface area contributed by atoms with E-state index in [0.29, 0.717) is 5.57 Å². The van der Waals surface area contributed by atoms with Crippen molar-refractivity contribution < 1.29 is 14.6 Å². The summed E-state index contributed by atoms with van der Waals surface area (Å²) in [4.78, 5) is 10.2. The highest BCUT2D eigenvalue weighted by atomic mass is 16.5. The molecule has 3 nitrogen and oxygen atoms in total. The van der Waals surface area contributed by atoms with Crippen molar-refractivity contribution in [2.75, 3.05) is 14.2 Å². The molecule has 94 valence electrons. The number of rotatable bonds is 1. The minimum Gasteiger partial charge on any atom is -0.466 e. The second-order valence-corrected chi connectivity index (χ2v) is 4.39. The highest BCUT2D eigenvalue weighted by molar-refractivity contribution is 5.86. The number of aliphatic hydroxyl groups excluding tert-OH is 1. The number of hydrogen-bond acceptors (Lipinski definition) is 3. The lowest BCUT2D eigenvalue weighted by molar-refractivity contribution is -0.136. The standard InChI is InChI=1S/C7H12.C5H8O2.CH4O/c1-2-7-4-3-6(1)5-7;1-4(2)5(6)7-3;1-2/h6-7H,1-5H2;1H2,2-3H3;2H,1H3. The number of fused-ring (bicyclic) bond motifs is 2. The molecule has 0 radical (unpaired) electrons. The minimum absolute atomic E-state index is 0.347. The third kappa shape index (κ3) is 5.31. The van der Waals surface area contributed by atoms with Gasteiger partial charge in [0.15, 0.2) is 0 Å². The van der Waals surface area contributed by atoms with Gasteiger partial charge >= 0.3 is 5.97 Å². The molecule has 2 rings (SSSR count). The van der Waals surface area contributed by atoms with Crippen LogP contribution in [-0.4, -0.2) is 25.3 Å². The molecule has 2 fully saturated rings. The minimum atomic E-state index is -0.347. The molecule has 0 atom stereocenters. The van der Waals surface area contributed by atoms with Gasteiger partial charge in [-0.2, -0.15) is 0 Å². The van der Waals surface area contributed by atoms with Crippen LogP contribution >= 0.6 is 0 Å². The summed E-state index contributed by atoms with van der Waals surface area (Å²) >= 11 is 0. The van der Waals surface area contributed by atoms with Crippen molar-refractivity contribution >= 4 is 5.97 Å². The van der Waals surface area contributed by atoms with Crippen LogP contribution in [0.2, 0.25) is 0 Å². The first-order valence-corrected chi connectivity index (χ1v) is 5.82. The van der Waals surface area contributed by atoms with Crippen LogP contribution in [0.3, 0.4) is 0 Å². The molecule has 16 heavy (non-hydrogen) atoms. The second kappa shape index (κ2) is 8.34. The van der Waals surface area contributed by atoms with Crippen LogP contribution in [0.4, 0.5) is 0 Å². The largest absolute Gasteiger partial charge is 0.466 e. The maximum absolute atomic E-state index is 10.2. The van der Waals surface area contributed by atoms with Crippen LogP contribution in [0.25, 0.3) is 0 Å². The molecular weight excluding hydrogens is 204 g/mol. The van der Waals surface area contributed by atoms with Crippen molar-refractivity contribution in [2.45, 2.75) is 39.0 Å². The van der Waals surface area contributed by atoms with Crippen LogP contribution in [0.1, 0.15) is 39.0 Å². The fourth-order valence-corrected chi connectivity index (χ4v) is 2.35. The molecule has 0 aromatic rings. The monoisotopic (exact) mass is 228 g/mol. The van der Waals surface area contributed by atoms with Crippen molar-refractivity contribution in [2.24, 2.45) is 11.8 Å². The van der Waals surface area contributed by atoms with E-state index in [1.165, 1.54) is 18.9 Å². The van der Waals surface area contributed by atoms with Crippen LogP contribution in [-0.2, 0) is 9.53 Å². The van der Waals surface area contributed by atoms with Crippen LogP contribution in [0.15, 0.2) is 12.2 Å². The zero-order valence-electron chi connectivity index (χ0n) is 10.7.